The Morgan fingerprint density at radius 3 is 2.08 bits per heavy atom. The fourth-order valence-electron chi connectivity index (χ4n) is 4.62. The SMILES string of the molecule is N#Cc1ccc(N2C(=O)c3ccc(N4CCN(C(=O)c5cc(F)ccc5C(F)(F)F)CC4)cc3C2=O)cc1. The van der Waals surface area contributed by atoms with Gasteiger partial charge in [0.2, 0.25) is 0 Å². The number of hydrogen-bond acceptors (Lipinski definition) is 5. The minimum absolute atomic E-state index is 0.0774. The first-order valence-corrected chi connectivity index (χ1v) is 11.5. The van der Waals surface area contributed by atoms with Crippen molar-refractivity contribution in [2.75, 3.05) is 36.0 Å². The molecular formula is C27H18F4N4O3. The molecule has 1 fully saturated rings. The number of rotatable bonds is 3. The largest absolute Gasteiger partial charge is 0.417 e. The van der Waals surface area contributed by atoms with Crippen LogP contribution >= 0.6 is 0 Å². The molecule has 0 bridgehead atoms. The van der Waals surface area contributed by atoms with Crippen LogP contribution in [0, 0.1) is 17.1 Å². The first kappa shape index (κ1) is 25.0. The van der Waals surface area contributed by atoms with Gasteiger partial charge in [-0.15, -0.1) is 0 Å². The Balaban J connectivity index is 1.32. The molecule has 2 aliphatic rings. The maximum atomic E-state index is 13.7. The number of imide groups is 1. The number of anilines is 2. The van der Waals surface area contributed by atoms with Crippen LogP contribution in [0.1, 0.15) is 42.2 Å². The highest BCUT2D eigenvalue weighted by Gasteiger charge is 2.39. The molecule has 3 amide bonds. The molecule has 0 aliphatic carbocycles. The first-order chi connectivity index (χ1) is 18.1. The van der Waals surface area contributed by atoms with Crippen LogP contribution in [0.3, 0.4) is 0 Å². The zero-order valence-corrected chi connectivity index (χ0v) is 19.6. The number of halogens is 4. The third-order valence-electron chi connectivity index (χ3n) is 6.57. The molecule has 0 atom stereocenters. The highest BCUT2D eigenvalue weighted by atomic mass is 19.4. The molecule has 2 heterocycles. The topological polar surface area (TPSA) is 84.7 Å². The van der Waals surface area contributed by atoms with Gasteiger partial charge >= 0.3 is 6.18 Å². The number of carbonyl (C=O) groups is 3. The fraction of sp³-hybridized carbons (Fsp3) is 0.185. The van der Waals surface area contributed by atoms with Crippen LogP contribution in [0.2, 0.25) is 0 Å². The quantitative estimate of drug-likeness (QED) is 0.374. The number of carbonyl (C=O) groups excluding carboxylic acids is 3. The van der Waals surface area contributed by atoms with E-state index in [0.29, 0.717) is 35.1 Å². The first-order valence-electron chi connectivity index (χ1n) is 11.5. The number of piperazine rings is 1. The van der Waals surface area contributed by atoms with Crippen LogP contribution in [0.15, 0.2) is 60.7 Å². The van der Waals surface area contributed by atoms with E-state index in [1.165, 1.54) is 35.2 Å². The van der Waals surface area contributed by atoms with Gasteiger partial charge in [0.15, 0.2) is 0 Å². The molecule has 5 rings (SSSR count). The summed E-state index contributed by atoms with van der Waals surface area (Å²) in [5.74, 6) is -2.86. The number of nitrogens with zero attached hydrogens (tertiary/aromatic N) is 4. The molecule has 3 aromatic rings. The van der Waals surface area contributed by atoms with Crippen molar-refractivity contribution in [3.8, 4) is 6.07 Å². The molecule has 0 saturated carbocycles. The second kappa shape index (κ2) is 9.30. The standard InChI is InChI=1S/C27H18F4N4O3/c28-17-3-8-23(27(29,30)31)22(13-17)24(36)34-11-9-33(10-12-34)19-6-7-20-21(14-19)26(38)35(25(20)37)18-4-1-16(15-32)2-5-18/h1-8,13-14H,9-12H2. The fourth-order valence-corrected chi connectivity index (χ4v) is 4.62. The molecular weight excluding hydrogens is 504 g/mol. The van der Waals surface area contributed by atoms with E-state index in [1.807, 2.05) is 11.0 Å². The summed E-state index contributed by atoms with van der Waals surface area (Å²) in [4.78, 5) is 42.9. The van der Waals surface area contributed by atoms with E-state index in [1.54, 1.807) is 12.1 Å². The Kier molecular flexibility index (Phi) is 6.11. The van der Waals surface area contributed by atoms with Crippen LogP contribution in [-0.4, -0.2) is 48.8 Å². The van der Waals surface area contributed by atoms with Crippen molar-refractivity contribution < 1.29 is 31.9 Å². The summed E-state index contributed by atoms with van der Waals surface area (Å²) in [6, 6.07) is 14.6. The van der Waals surface area contributed by atoms with Gasteiger partial charge < -0.3 is 9.80 Å². The molecule has 0 radical (unpaired) electrons. The summed E-state index contributed by atoms with van der Waals surface area (Å²) in [6.45, 7) is 0.660. The minimum atomic E-state index is -4.81. The van der Waals surface area contributed by atoms with E-state index in [0.717, 1.165) is 4.90 Å². The molecule has 38 heavy (non-hydrogen) atoms. The van der Waals surface area contributed by atoms with E-state index in [9.17, 15) is 31.9 Å². The van der Waals surface area contributed by atoms with Crippen molar-refractivity contribution in [2.45, 2.75) is 6.18 Å². The molecule has 11 heteroatoms. The molecule has 0 aromatic heterocycles. The summed E-state index contributed by atoms with van der Waals surface area (Å²) in [5, 5.41) is 8.97. The maximum Gasteiger partial charge on any atom is 0.417 e. The van der Waals surface area contributed by atoms with Gasteiger partial charge in [-0.3, -0.25) is 14.4 Å². The summed E-state index contributed by atoms with van der Waals surface area (Å²) in [5.41, 5.74) is -0.180. The van der Waals surface area contributed by atoms with Crippen LogP contribution in [-0.2, 0) is 6.18 Å². The summed E-state index contributed by atoms with van der Waals surface area (Å²) >= 11 is 0. The monoisotopic (exact) mass is 522 g/mol. The number of alkyl halides is 3. The van der Waals surface area contributed by atoms with Crippen molar-refractivity contribution in [1.29, 1.82) is 5.26 Å². The molecule has 3 aromatic carbocycles. The van der Waals surface area contributed by atoms with Gasteiger partial charge in [0, 0.05) is 31.9 Å². The Morgan fingerprint density at radius 1 is 0.816 bits per heavy atom. The lowest BCUT2D eigenvalue weighted by molar-refractivity contribution is -0.138. The van der Waals surface area contributed by atoms with Crippen LogP contribution in [0.4, 0.5) is 28.9 Å². The molecule has 192 valence electrons. The zero-order valence-electron chi connectivity index (χ0n) is 19.6. The highest BCUT2D eigenvalue weighted by molar-refractivity contribution is 6.34. The number of hydrogen-bond donors (Lipinski definition) is 0. The Bertz CT molecular complexity index is 1500. The molecule has 7 nitrogen and oxygen atoms in total. The number of benzene rings is 3. The van der Waals surface area contributed by atoms with Gasteiger partial charge in [-0.1, -0.05) is 0 Å². The Labute approximate surface area is 214 Å². The second-order valence-electron chi connectivity index (χ2n) is 8.80. The van der Waals surface area contributed by atoms with Crippen LogP contribution in [0.5, 0.6) is 0 Å². The maximum absolute atomic E-state index is 13.7. The Hall–Kier alpha value is -4.72. The molecule has 2 aliphatic heterocycles. The van der Waals surface area contributed by atoms with Crippen molar-refractivity contribution in [3.63, 3.8) is 0 Å². The predicted octanol–water partition coefficient (Wildman–Crippen LogP) is 4.48. The van der Waals surface area contributed by atoms with Gasteiger partial charge in [0.05, 0.1) is 39.6 Å². The lowest BCUT2D eigenvalue weighted by Crippen LogP contribution is -2.49. The summed E-state index contributed by atoms with van der Waals surface area (Å²) in [6.07, 6.45) is -4.81. The van der Waals surface area contributed by atoms with E-state index in [2.05, 4.69) is 0 Å². The predicted molar refractivity (Wildman–Crippen MR) is 128 cm³/mol. The average molecular weight is 522 g/mol. The van der Waals surface area contributed by atoms with E-state index in [-0.39, 0.29) is 37.3 Å². The van der Waals surface area contributed by atoms with Gasteiger partial charge in [0.25, 0.3) is 17.7 Å². The number of amides is 3. The van der Waals surface area contributed by atoms with Gasteiger partial charge in [0.1, 0.15) is 5.82 Å². The van der Waals surface area contributed by atoms with E-state index >= 15 is 0 Å². The van der Waals surface area contributed by atoms with Gasteiger partial charge in [-0.05, 0) is 60.7 Å². The number of fused-ring (bicyclic) bond motifs is 1. The van der Waals surface area contributed by atoms with Crippen molar-refractivity contribution in [2.24, 2.45) is 0 Å². The van der Waals surface area contributed by atoms with Crippen molar-refractivity contribution in [1.82, 2.24) is 4.90 Å². The van der Waals surface area contributed by atoms with Crippen LogP contribution in [0.25, 0.3) is 0 Å². The normalized spacial score (nSPS) is 15.5. The van der Waals surface area contributed by atoms with E-state index < -0.39 is 40.8 Å². The van der Waals surface area contributed by atoms with Crippen molar-refractivity contribution in [3.05, 3.63) is 94.3 Å². The molecule has 1 saturated heterocycles. The third kappa shape index (κ3) is 4.34. The zero-order chi connectivity index (χ0) is 27.2. The van der Waals surface area contributed by atoms with Crippen molar-refractivity contribution >= 4 is 29.1 Å². The Morgan fingerprint density at radius 2 is 1.45 bits per heavy atom. The average Bonchev–Trinajstić information content (AvgIpc) is 3.16. The number of nitriles is 1. The molecule has 0 spiro atoms. The van der Waals surface area contributed by atoms with E-state index in [4.69, 9.17) is 5.26 Å². The third-order valence-corrected chi connectivity index (χ3v) is 6.57. The summed E-state index contributed by atoms with van der Waals surface area (Å²) < 4.78 is 53.8. The lowest BCUT2D eigenvalue weighted by Gasteiger charge is -2.36. The lowest BCUT2D eigenvalue weighted by atomic mass is 10.0. The van der Waals surface area contributed by atoms with Gasteiger partial charge in [-0.2, -0.15) is 18.4 Å². The molecule has 0 N–H and O–H groups in total. The molecule has 0 unspecified atom stereocenters. The van der Waals surface area contributed by atoms with Crippen LogP contribution < -0.4 is 9.80 Å². The smallest absolute Gasteiger partial charge is 0.368 e. The highest BCUT2D eigenvalue weighted by Crippen LogP contribution is 2.34. The summed E-state index contributed by atoms with van der Waals surface area (Å²) in [7, 11) is 0. The second-order valence-corrected chi connectivity index (χ2v) is 8.80. The minimum Gasteiger partial charge on any atom is -0.368 e. The van der Waals surface area contributed by atoms with Gasteiger partial charge in [-0.25, -0.2) is 9.29 Å².